The van der Waals surface area contributed by atoms with Crippen molar-refractivity contribution < 1.29 is 14.0 Å². The number of piperidine rings is 1. The van der Waals surface area contributed by atoms with Crippen LogP contribution in [0.5, 0.6) is 0 Å². The predicted molar refractivity (Wildman–Crippen MR) is 88.1 cm³/mol. The zero-order chi connectivity index (χ0) is 17.0. The summed E-state index contributed by atoms with van der Waals surface area (Å²) in [5.41, 5.74) is 6.49. The maximum atomic E-state index is 12.3. The first-order chi connectivity index (χ1) is 10.9. The minimum absolute atomic E-state index is 0.0259. The number of furan rings is 1. The van der Waals surface area contributed by atoms with Crippen molar-refractivity contribution in [3.8, 4) is 0 Å². The summed E-state index contributed by atoms with van der Waals surface area (Å²) >= 11 is 0. The number of likely N-dealkylation sites (tertiary alicyclic amines) is 1. The van der Waals surface area contributed by atoms with Gasteiger partial charge in [-0.1, -0.05) is 13.3 Å². The summed E-state index contributed by atoms with van der Waals surface area (Å²) in [4.78, 5) is 26.3. The molecular formula is C17H27N3O3. The molecule has 0 radical (unpaired) electrons. The van der Waals surface area contributed by atoms with E-state index < -0.39 is 6.04 Å². The summed E-state index contributed by atoms with van der Waals surface area (Å²) in [5.74, 6) is 1.29. The molecule has 6 nitrogen and oxygen atoms in total. The van der Waals surface area contributed by atoms with Crippen LogP contribution in [0.1, 0.15) is 54.5 Å². The van der Waals surface area contributed by atoms with Crippen molar-refractivity contribution >= 4 is 11.8 Å². The average Bonchev–Trinajstić information content (AvgIpc) is 2.86. The van der Waals surface area contributed by atoms with Gasteiger partial charge < -0.3 is 20.4 Å². The van der Waals surface area contributed by atoms with Gasteiger partial charge >= 0.3 is 0 Å². The first-order valence-electron chi connectivity index (χ1n) is 8.34. The standard InChI is InChI=1S/C17H27N3O3/c1-4-5-15(18)17(22)20-8-6-13(7-9-20)19-16(21)14-10-11(2)23-12(14)3/h10,13,15H,4-9,18H2,1-3H3,(H,19,21). The topological polar surface area (TPSA) is 88.6 Å². The van der Waals surface area contributed by atoms with Gasteiger partial charge in [0.25, 0.3) is 5.91 Å². The van der Waals surface area contributed by atoms with Gasteiger partial charge in [0.05, 0.1) is 11.6 Å². The molecule has 1 atom stereocenters. The molecular weight excluding hydrogens is 294 g/mol. The van der Waals surface area contributed by atoms with Gasteiger partial charge in [-0.2, -0.15) is 0 Å². The van der Waals surface area contributed by atoms with Crippen LogP contribution >= 0.6 is 0 Å². The molecule has 1 fully saturated rings. The third-order valence-electron chi connectivity index (χ3n) is 4.34. The van der Waals surface area contributed by atoms with E-state index >= 15 is 0 Å². The van der Waals surface area contributed by atoms with E-state index in [4.69, 9.17) is 10.2 Å². The van der Waals surface area contributed by atoms with Crippen molar-refractivity contribution in [3.05, 3.63) is 23.2 Å². The number of hydrogen-bond donors (Lipinski definition) is 2. The van der Waals surface area contributed by atoms with Gasteiger partial charge in [-0.25, -0.2) is 0 Å². The number of amides is 2. The van der Waals surface area contributed by atoms with Crippen molar-refractivity contribution in [3.63, 3.8) is 0 Å². The number of carbonyl (C=O) groups is 2. The summed E-state index contributed by atoms with van der Waals surface area (Å²) in [6.45, 7) is 6.93. The Kier molecular flexibility index (Phi) is 5.82. The Bertz CT molecular complexity index is 559. The molecule has 23 heavy (non-hydrogen) atoms. The van der Waals surface area contributed by atoms with E-state index in [9.17, 15) is 9.59 Å². The van der Waals surface area contributed by atoms with E-state index in [0.717, 1.165) is 25.0 Å². The second-order valence-corrected chi connectivity index (χ2v) is 6.30. The largest absolute Gasteiger partial charge is 0.466 e. The van der Waals surface area contributed by atoms with Crippen LogP contribution in [0, 0.1) is 13.8 Å². The highest BCUT2D eigenvalue weighted by Crippen LogP contribution is 2.16. The first-order valence-corrected chi connectivity index (χ1v) is 8.34. The Morgan fingerprint density at radius 2 is 2.04 bits per heavy atom. The quantitative estimate of drug-likeness (QED) is 0.864. The molecule has 6 heteroatoms. The molecule has 1 aromatic rings. The Hall–Kier alpha value is -1.82. The number of nitrogens with zero attached hydrogens (tertiary/aromatic N) is 1. The summed E-state index contributed by atoms with van der Waals surface area (Å²) in [5, 5.41) is 3.04. The van der Waals surface area contributed by atoms with E-state index in [1.165, 1.54) is 0 Å². The second kappa shape index (κ2) is 7.64. The van der Waals surface area contributed by atoms with Gasteiger partial charge in [0.2, 0.25) is 5.91 Å². The lowest BCUT2D eigenvalue weighted by Crippen LogP contribution is -2.50. The molecule has 128 valence electrons. The lowest BCUT2D eigenvalue weighted by atomic mass is 10.0. The maximum Gasteiger partial charge on any atom is 0.255 e. The Balaban J connectivity index is 1.84. The lowest BCUT2D eigenvalue weighted by molar-refractivity contribution is -0.133. The third kappa shape index (κ3) is 4.34. The fraction of sp³-hybridized carbons (Fsp3) is 0.647. The Morgan fingerprint density at radius 1 is 1.39 bits per heavy atom. The minimum atomic E-state index is -0.400. The monoisotopic (exact) mass is 321 g/mol. The zero-order valence-electron chi connectivity index (χ0n) is 14.2. The molecule has 3 N–H and O–H groups in total. The van der Waals surface area contributed by atoms with Crippen LogP contribution < -0.4 is 11.1 Å². The van der Waals surface area contributed by atoms with Crippen molar-refractivity contribution in [1.29, 1.82) is 0 Å². The van der Waals surface area contributed by atoms with Crippen LogP contribution in [-0.2, 0) is 4.79 Å². The highest BCUT2D eigenvalue weighted by atomic mass is 16.3. The molecule has 2 rings (SSSR count). The molecule has 1 saturated heterocycles. The van der Waals surface area contributed by atoms with E-state index in [-0.39, 0.29) is 17.9 Å². The van der Waals surface area contributed by atoms with E-state index in [2.05, 4.69) is 5.32 Å². The zero-order valence-corrected chi connectivity index (χ0v) is 14.2. The number of aryl methyl sites for hydroxylation is 2. The third-order valence-corrected chi connectivity index (χ3v) is 4.34. The molecule has 0 aliphatic carbocycles. The summed E-state index contributed by atoms with van der Waals surface area (Å²) < 4.78 is 5.40. The smallest absolute Gasteiger partial charge is 0.255 e. The summed E-state index contributed by atoms with van der Waals surface area (Å²) in [6.07, 6.45) is 3.13. The first kappa shape index (κ1) is 17.5. The van der Waals surface area contributed by atoms with Gasteiger partial charge in [0.15, 0.2) is 0 Å². The highest BCUT2D eigenvalue weighted by Gasteiger charge is 2.27. The van der Waals surface area contributed by atoms with Crippen LogP contribution in [0.4, 0.5) is 0 Å². The van der Waals surface area contributed by atoms with E-state index in [1.807, 2.05) is 18.7 Å². The molecule has 0 aromatic carbocycles. The molecule has 2 amide bonds. The van der Waals surface area contributed by atoms with Crippen LogP contribution in [0.3, 0.4) is 0 Å². The number of carbonyl (C=O) groups excluding carboxylic acids is 2. The van der Waals surface area contributed by atoms with Gasteiger partial charge in [0, 0.05) is 19.1 Å². The number of nitrogens with two attached hydrogens (primary N) is 1. The molecule has 2 heterocycles. The number of hydrogen-bond acceptors (Lipinski definition) is 4. The van der Waals surface area contributed by atoms with Crippen LogP contribution in [0.25, 0.3) is 0 Å². The Morgan fingerprint density at radius 3 is 2.57 bits per heavy atom. The fourth-order valence-electron chi connectivity index (χ4n) is 3.03. The average molecular weight is 321 g/mol. The van der Waals surface area contributed by atoms with Gasteiger partial charge in [-0.05, 0) is 39.2 Å². The highest BCUT2D eigenvalue weighted by molar-refractivity contribution is 5.95. The number of rotatable bonds is 5. The van der Waals surface area contributed by atoms with Crippen molar-refractivity contribution in [2.24, 2.45) is 5.73 Å². The predicted octanol–water partition coefficient (Wildman–Crippen LogP) is 1.74. The second-order valence-electron chi connectivity index (χ2n) is 6.30. The van der Waals surface area contributed by atoms with Crippen LogP contribution in [0.15, 0.2) is 10.5 Å². The molecule has 0 saturated carbocycles. The Labute approximate surface area is 137 Å². The van der Waals surface area contributed by atoms with E-state index in [0.29, 0.717) is 30.8 Å². The molecule has 0 spiro atoms. The maximum absolute atomic E-state index is 12.3. The molecule has 1 aromatic heterocycles. The van der Waals surface area contributed by atoms with Crippen molar-refractivity contribution in [1.82, 2.24) is 10.2 Å². The molecule has 0 bridgehead atoms. The van der Waals surface area contributed by atoms with Gasteiger partial charge in [-0.3, -0.25) is 9.59 Å². The minimum Gasteiger partial charge on any atom is -0.466 e. The summed E-state index contributed by atoms with van der Waals surface area (Å²) in [6, 6.07) is 1.44. The van der Waals surface area contributed by atoms with Gasteiger partial charge in [-0.15, -0.1) is 0 Å². The number of nitrogens with one attached hydrogen (secondary N) is 1. The van der Waals surface area contributed by atoms with Crippen LogP contribution in [-0.4, -0.2) is 41.9 Å². The summed E-state index contributed by atoms with van der Waals surface area (Å²) in [7, 11) is 0. The van der Waals surface area contributed by atoms with E-state index in [1.54, 1.807) is 13.0 Å². The normalized spacial score (nSPS) is 17.1. The molecule has 1 aliphatic rings. The van der Waals surface area contributed by atoms with Crippen molar-refractivity contribution in [2.75, 3.05) is 13.1 Å². The fourth-order valence-corrected chi connectivity index (χ4v) is 3.03. The lowest BCUT2D eigenvalue weighted by Gasteiger charge is -2.33. The van der Waals surface area contributed by atoms with Crippen LogP contribution in [0.2, 0.25) is 0 Å². The van der Waals surface area contributed by atoms with Gasteiger partial charge in [0.1, 0.15) is 11.5 Å². The SMILES string of the molecule is CCCC(N)C(=O)N1CCC(NC(=O)c2cc(C)oc2C)CC1. The molecule has 1 unspecified atom stereocenters. The van der Waals surface area contributed by atoms with Crippen molar-refractivity contribution in [2.45, 2.75) is 58.5 Å². The molecule has 1 aliphatic heterocycles.